The van der Waals surface area contributed by atoms with E-state index in [1.165, 1.54) is 0 Å². The number of hydrogen-bond acceptors (Lipinski definition) is 8. The Labute approximate surface area is 143 Å². The quantitative estimate of drug-likeness (QED) is 0.707. The number of hydrogen-bond donors (Lipinski definition) is 0. The van der Waals surface area contributed by atoms with Crippen LogP contribution in [0.15, 0.2) is 6.20 Å². The maximum absolute atomic E-state index is 5.43. The van der Waals surface area contributed by atoms with Crippen molar-refractivity contribution >= 4 is 28.4 Å². The zero-order valence-electron chi connectivity index (χ0n) is 13.9. The Morgan fingerprint density at radius 3 is 2.46 bits per heavy atom. The number of thiazole rings is 1. The van der Waals surface area contributed by atoms with Crippen molar-refractivity contribution in [2.24, 2.45) is 0 Å². The van der Waals surface area contributed by atoms with Gasteiger partial charge in [0.25, 0.3) is 0 Å². The van der Waals surface area contributed by atoms with Crippen LogP contribution in [0, 0.1) is 20.8 Å². The van der Waals surface area contributed by atoms with Crippen LogP contribution in [0.25, 0.3) is 21.7 Å². The van der Waals surface area contributed by atoms with E-state index in [9.17, 15) is 0 Å². The minimum Gasteiger partial charge on any atom is -0.378 e. The van der Waals surface area contributed by atoms with Crippen LogP contribution in [0.1, 0.15) is 16.4 Å². The highest BCUT2D eigenvalue weighted by molar-refractivity contribution is 7.15. The van der Waals surface area contributed by atoms with E-state index >= 15 is 0 Å². The fourth-order valence-corrected chi connectivity index (χ4v) is 3.42. The van der Waals surface area contributed by atoms with Crippen molar-refractivity contribution in [1.29, 1.82) is 0 Å². The number of nitrogens with zero attached hydrogens (tertiary/aromatic N) is 6. The van der Waals surface area contributed by atoms with Crippen LogP contribution in [0.4, 0.5) is 5.95 Å². The van der Waals surface area contributed by atoms with Gasteiger partial charge in [-0.15, -0.1) is 11.3 Å². The number of ether oxygens (including phenoxy) is 1. The minimum atomic E-state index is 0.635. The summed E-state index contributed by atoms with van der Waals surface area (Å²) >= 11 is 1.61. The van der Waals surface area contributed by atoms with Crippen LogP contribution < -0.4 is 4.90 Å². The van der Waals surface area contributed by atoms with E-state index in [1.807, 2.05) is 27.0 Å². The fourth-order valence-electron chi connectivity index (χ4n) is 2.65. The lowest BCUT2D eigenvalue weighted by molar-refractivity contribution is 0.122. The first-order valence-electron chi connectivity index (χ1n) is 7.90. The van der Waals surface area contributed by atoms with Gasteiger partial charge >= 0.3 is 0 Å². The summed E-state index contributed by atoms with van der Waals surface area (Å²) in [6.07, 6.45) is 1.85. The van der Waals surface area contributed by atoms with E-state index in [2.05, 4.69) is 19.9 Å². The highest BCUT2D eigenvalue weighted by atomic mass is 32.1. The van der Waals surface area contributed by atoms with Gasteiger partial charge in [-0.25, -0.2) is 19.9 Å². The van der Waals surface area contributed by atoms with Crippen LogP contribution in [0.5, 0.6) is 0 Å². The zero-order valence-corrected chi connectivity index (χ0v) is 14.7. The Morgan fingerprint density at radius 2 is 1.75 bits per heavy atom. The number of fused-ring (bicyclic) bond motifs is 1. The SMILES string of the molecule is Cc1ncc(-c2nc(N3CCOCC3)nc3nc(C)c(C)nc23)s1. The predicted molar refractivity (Wildman–Crippen MR) is 93.5 cm³/mol. The third kappa shape index (κ3) is 2.71. The molecule has 0 aromatic carbocycles. The van der Waals surface area contributed by atoms with Gasteiger partial charge in [-0.05, 0) is 20.8 Å². The van der Waals surface area contributed by atoms with E-state index < -0.39 is 0 Å². The second kappa shape index (κ2) is 6.03. The third-order valence-corrected chi connectivity index (χ3v) is 5.00. The number of morpholine rings is 1. The molecule has 4 heterocycles. The molecule has 1 fully saturated rings. The topological polar surface area (TPSA) is 76.9 Å². The van der Waals surface area contributed by atoms with Crippen molar-refractivity contribution in [1.82, 2.24) is 24.9 Å². The van der Waals surface area contributed by atoms with Gasteiger partial charge < -0.3 is 9.64 Å². The van der Waals surface area contributed by atoms with Gasteiger partial charge in [-0.3, -0.25) is 0 Å². The number of anilines is 1. The van der Waals surface area contributed by atoms with E-state index in [1.54, 1.807) is 11.3 Å². The Kier molecular flexibility index (Phi) is 3.85. The highest BCUT2D eigenvalue weighted by Crippen LogP contribution is 2.30. The predicted octanol–water partition coefficient (Wildman–Crippen LogP) is 2.31. The third-order valence-electron chi connectivity index (χ3n) is 4.08. The van der Waals surface area contributed by atoms with Crippen molar-refractivity contribution in [3.63, 3.8) is 0 Å². The van der Waals surface area contributed by atoms with Gasteiger partial charge in [0.2, 0.25) is 5.95 Å². The van der Waals surface area contributed by atoms with Gasteiger partial charge in [0, 0.05) is 19.3 Å². The first-order valence-corrected chi connectivity index (χ1v) is 8.72. The standard InChI is InChI=1S/C16H18N6OS/c1-9-10(2)19-15-14(18-9)13(12-8-17-11(3)24-12)20-16(21-15)22-4-6-23-7-5-22/h8H,4-7H2,1-3H3. The summed E-state index contributed by atoms with van der Waals surface area (Å²) in [7, 11) is 0. The summed E-state index contributed by atoms with van der Waals surface area (Å²) in [5, 5.41) is 1.00. The lowest BCUT2D eigenvalue weighted by atomic mass is 10.2. The monoisotopic (exact) mass is 342 g/mol. The molecule has 24 heavy (non-hydrogen) atoms. The average Bonchev–Trinajstić information content (AvgIpc) is 3.02. The van der Waals surface area contributed by atoms with Gasteiger partial charge in [0.05, 0.1) is 34.5 Å². The molecule has 7 nitrogen and oxygen atoms in total. The van der Waals surface area contributed by atoms with Crippen molar-refractivity contribution in [3.8, 4) is 10.6 Å². The average molecular weight is 342 g/mol. The zero-order chi connectivity index (χ0) is 16.7. The molecule has 1 aliphatic rings. The maximum atomic E-state index is 5.43. The van der Waals surface area contributed by atoms with Gasteiger partial charge in [0.1, 0.15) is 11.2 Å². The molecule has 8 heteroatoms. The summed E-state index contributed by atoms with van der Waals surface area (Å²) in [6.45, 7) is 8.84. The molecule has 0 N–H and O–H groups in total. The first kappa shape index (κ1) is 15.3. The summed E-state index contributed by atoms with van der Waals surface area (Å²) in [6, 6.07) is 0. The lowest BCUT2D eigenvalue weighted by Crippen LogP contribution is -2.37. The van der Waals surface area contributed by atoms with Gasteiger partial charge in [0.15, 0.2) is 5.65 Å². The highest BCUT2D eigenvalue weighted by Gasteiger charge is 2.20. The van der Waals surface area contributed by atoms with Crippen molar-refractivity contribution in [2.75, 3.05) is 31.2 Å². The minimum absolute atomic E-state index is 0.635. The van der Waals surface area contributed by atoms with Crippen LogP contribution in [0.3, 0.4) is 0 Å². The summed E-state index contributed by atoms with van der Waals surface area (Å²) in [5.41, 5.74) is 3.96. The van der Waals surface area contributed by atoms with E-state index in [4.69, 9.17) is 14.7 Å². The molecule has 0 spiro atoms. The van der Waals surface area contributed by atoms with Crippen molar-refractivity contribution in [3.05, 3.63) is 22.6 Å². The largest absolute Gasteiger partial charge is 0.378 e. The molecule has 3 aromatic heterocycles. The van der Waals surface area contributed by atoms with Gasteiger partial charge in [-0.1, -0.05) is 0 Å². The van der Waals surface area contributed by atoms with E-state index in [0.29, 0.717) is 24.8 Å². The molecule has 0 atom stereocenters. The van der Waals surface area contributed by atoms with Crippen molar-refractivity contribution in [2.45, 2.75) is 20.8 Å². The Bertz CT molecular complexity index is 903. The smallest absolute Gasteiger partial charge is 0.228 e. The number of rotatable bonds is 2. The molecule has 0 amide bonds. The van der Waals surface area contributed by atoms with Crippen LogP contribution >= 0.6 is 11.3 Å². The van der Waals surface area contributed by atoms with Crippen LogP contribution in [-0.2, 0) is 4.74 Å². The Morgan fingerprint density at radius 1 is 1.00 bits per heavy atom. The normalized spacial score (nSPS) is 15.2. The van der Waals surface area contributed by atoms with E-state index in [-0.39, 0.29) is 0 Å². The molecule has 0 aliphatic carbocycles. The molecule has 0 unspecified atom stereocenters. The molecule has 0 radical (unpaired) electrons. The van der Waals surface area contributed by atoms with Crippen LogP contribution in [0.2, 0.25) is 0 Å². The summed E-state index contributed by atoms with van der Waals surface area (Å²) in [4.78, 5) is 26.3. The molecular weight excluding hydrogens is 324 g/mol. The van der Waals surface area contributed by atoms with E-state index in [0.717, 1.165) is 45.6 Å². The first-order chi connectivity index (χ1) is 11.6. The summed E-state index contributed by atoms with van der Waals surface area (Å²) in [5.74, 6) is 0.685. The maximum Gasteiger partial charge on any atom is 0.228 e. The van der Waals surface area contributed by atoms with Crippen molar-refractivity contribution < 1.29 is 4.74 Å². The Balaban J connectivity index is 1.94. The second-order valence-electron chi connectivity index (χ2n) is 5.78. The molecule has 124 valence electrons. The van der Waals surface area contributed by atoms with Gasteiger partial charge in [-0.2, -0.15) is 4.98 Å². The summed E-state index contributed by atoms with van der Waals surface area (Å²) < 4.78 is 5.43. The molecule has 0 saturated carbocycles. The molecule has 3 aromatic rings. The molecular formula is C16H18N6OS. The Hall–Kier alpha value is -2.19. The second-order valence-corrected chi connectivity index (χ2v) is 7.02. The number of aryl methyl sites for hydroxylation is 3. The fraction of sp³-hybridized carbons (Fsp3) is 0.438. The molecule has 1 saturated heterocycles. The molecule has 0 bridgehead atoms. The molecule has 1 aliphatic heterocycles. The lowest BCUT2D eigenvalue weighted by Gasteiger charge is -2.27. The van der Waals surface area contributed by atoms with Crippen LogP contribution in [-0.4, -0.2) is 51.2 Å². The molecule has 4 rings (SSSR count). The number of aromatic nitrogens is 5.